The van der Waals surface area contributed by atoms with Gasteiger partial charge in [0.1, 0.15) is 0 Å². The molecule has 3 rings (SSSR count). The fourth-order valence-corrected chi connectivity index (χ4v) is 2.21. The number of aryl methyl sites for hydroxylation is 1. The third kappa shape index (κ3) is 3.22. The molecule has 112 valence electrons. The molecule has 0 aromatic carbocycles. The number of hydrogen-bond donors (Lipinski definition) is 1. The van der Waals surface area contributed by atoms with Crippen molar-refractivity contribution in [3.05, 3.63) is 60.2 Å². The van der Waals surface area contributed by atoms with E-state index in [1.807, 2.05) is 30.4 Å². The maximum Gasteiger partial charge on any atom is 0.411 e. The van der Waals surface area contributed by atoms with E-state index in [9.17, 15) is 4.79 Å². The number of carbonyl (C=O) groups is 1. The molecule has 0 atom stereocenters. The van der Waals surface area contributed by atoms with Crippen LogP contribution in [0.3, 0.4) is 0 Å². The molecule has 6 heteroatoms. The zero-order chi connectivity index (χ0) is 15.4. The highest BCUT2D eigenvalue weighted by Gasteiger charge is 2.11. The molecule has 0 aliphatic carbocycles. The third-order valence-corrected chi connectivity index (χ3v) is 3.46. The third-order valence-electron chi connectivity index (χ3n) is 3.46. The Balaban J connectivity index is 1.58. The maximum absolute atomic E-state index is 10.8. The molecule has 6 nitrogen and oxygen atoms in total. The highest BCUT2D eigenvalue weighted by Crippen LogP contribution is 2.21. The molecule has 1 N–H and O–H groups in total. The van der Waals surface area contributed by atoms with Gasteiger partial charge in [-0.3, -0.25) is 9.88 Å². The van der Waals surface area contributed by atoms with Crippen LogP contribution in [-0.2, 0) is 6.42 Å². The number of nitrogens with zero attached hydrogens (tertiary/aromatic N) is 3. The van der Waals surface area contributed by atoms with Crippen molar-refractivity contribution in [3.63, 3.8) is 0 Å². The van der Waals surface area contributed by atoms with Gasteiger partial charge in [0.05, 0.1) is 5.69 Å². The van der Waals surface area contributed by atoms with Gasteiger partial charge in [-0.1, -0.05) is 11.2 Å². The molecule has 0 fully saturated rings. The molecule has 2 aromatic heterocycles. The standard InChI is InChI=1S/C16H15N3O3/c20-16(21)19-9-5-12(6-10-19)1-2-14-11-15(22-18-14)13-3-7-17-8-4-13/h3-9,11H,1-2,10H2,(H,20,21). The van der Waals surface area contributed by atoms with Gasteiger partial charge in [-0.2, -0.15) is 0 Å². The second kappa shape index (κ2) is 6.26. The van der Waals surface area contributed by atoms with Crippen LogP contribution in [0.5, 0.6) is 0 Å². The van der Waals surface area contributed by atoms with Crippen LogP contribution in [0, 0.1) is 0 Å². The molecule has 0 spiro atoms. The highest BCUT2D eigenvalue weighted by atomic mass is 16.5. The molecule has 0 saturated carbocycles. The van der Waals surface area contributed by atoms with Crippen LogP contribution in [0.15, 0.2) is 59.0 Å². The summed E-state index contributed by atoms with van der Waals surface area (Å²) in [6, 6.07) is 5.67. The number of amides is 1. The van der Waals surface area contributed by atoms with Gasteiger partial charge < -0.3 is 9.63 Å². The molecule has 22 heavy (non-hydrogen) atoms. The summed E-state index contributed by atoms with van der Waals surface area (Å²) < 4.78 is 5.34. The van der Waals surface area contributed by atoms with E-state index in [1.165, 1.54) is 4.90 Å². The monoisotopic (exact) mass is 297 g/mol. The average molecular weight is 297 g/mol. The van der Waals surface area contributed by atoms with Crippen LogP contribution >= 0.6 is 0 Å². The Morgan fingerprint density at radius 2 is 2.14 bits per heavy atom. The second-order valence-electron chi connectivity index (χ2n) is 4.95. The highest BCUT2D eigenvalue weighted by molar-refractivity contribution is 5.67. The quantitative estimate of drug-likeness (QED) is 0.938. The van der Waals surface area contributed by atoms with E-state index in [2.05, 4.69) is 10.1 Å². The van der Waals surface area contributed by atoms with Gasteiger partial charge in [0.25, 0.3) is 0 Å². The van der Waals surface area contributed by atoms with Gasteiger partial charge in [-0.25, -0.2) is 4.79 Å². The van der Waals surface area contributed by atoms with Gasteiger partial charge in [0.15, 0.2) is 5.76 Å². The number of aromatic nitrogens is 2. The Labute approximate surface area is 127 Å². The maximum atomic E-state index is 10.8. The zero-order valence-corrected chi connectivity index (χ0v) is 11.8. The number of carboxylic acid groups (broad SMARTS) is 1. The van der Waals surface area contributed by atoms with Gasteiger partial charge in [-0.15, -0.1) is 0 Å². The van der Waals surface area contributed by atoms with E-state index in [1.54, 1.807) is 18.6 Å². The lowest BCUT2D eigenvalue weighted by Gasteiger charge is -2.16. The van der Waals surface area contributed by atoms with Crippen molar-refractivity contribution in [1.82, 2.24) is 15.0 Å². The average Bonchev–Trinajstić information content (AvgIpc) is 3.03. The Hall–Kier alpha value is -2.89. The summed E-state index contributed by atoms with van der Waals surface area (Å²) in [5.74, 6) is 0.725. The van der Waals surface area contributed by atoms with Crippen molar-refractivity contribution in [2.75, 3.05) is 6.54 Å². The fraction of sp³-hybridized carbons (Fsp3) is 0.188. The summed E-state index contributed by atoms with van der Waals surface area (Å²) in [6.45, 7) is 0.391. The number of hydrogen-bond acceptors (Lipinski definition) is 4. The van der Waals surface area contributed by atoms with Gasteiger partial charge in [0.2, 0.25) is 0 Å². The predicted octanol–water partition coefficient (Wildman–Crippen LogP) is 3.10. The Kier molecular flexibility index (Phi) is 4.00. The van der Waals surface area contributed by atoms with E-state index in [0.717, 1.165) is 35.4 Å². The van der Waals surface area contributed by atoms with Crippen molar-refractivity contribution in [3.8, 4) is 11.3 Å². The molecular formula is C16H15N3O3. The first-order chi connectivity index (χ1) is 10.7. The Morgan fingerprint density at radius 3 is 2.82 bits per heavy atom. The Morgan fingerprint density at radius 1 is 1.32 bits per heavy atom. The summed E-state index contributed by atoms with van der Waals surface area (Å²) in [4.78, 5) is 16.0. The molecule has 0 radical (unpaired) electrons. The Bertz CT molecular complexity index is 719. The summed E-state index contributed by atoms with van der Waals surface area (Å²) in [5.41, 5.74) is 2.93. The van der Waals surface area contributed by atoms with Crippen molar-refractivity contribution < 1.29 is 14.4 Å². The first-order valence-electron chi connectivity index (χ1n) is 6.95. The topological polar surface area (TPSA) is 79.5 Å². The van der Waals surface area contributed by atoms with Gasteiger partial charge >= 0.3 is 6.09 Å². The molecule has 2 aromatic rings. The SMILES string of the molecule is O=C(O)N1C=CC(CCc2cc(-c3ccncc3)on2)=CC1. The smallest absolute Gasteiger partial charge is 0.411 e. The minimum absolute atomic E-state index is 0.391. The van der Waals surface area contributed by atoms with Crippen LogP contribution in [-0.4, -0.2) is 32.8 Å². The first kappa shape index (κ1) is 14.1. The minimum atomic E-state index is -0.940. The van der Waals surface area contributed by atoms with Crippen LogP contribution in [0.4, 0.5) is 4.79 Å². The molecule has 0 saturated heterocycles. The molecular weight excluding hydrogens is 282 g/mol. The van der Waals surface area contributed by atoms with E-state index in [4.69, 9.17) is 9.63 Å². The fourth-order valence-electron chi connectivity index (χ4n) is 2.21. The number of allylic oxidation sites excluding steroid dienone is 2. The van der Waals surface area contributed by atoms with Crippen LogP contribution < -0.4 is 0 Å². The lowest BCUT2D eigenvalue weighted by molar-refractivity contribution is 0.166. The molecule has 1 aliphatic heterocycles. The van der Waals surface area contributed by atoms with Crippen LogP contribution in [0.25, 0.3) is 11.3 Å². The van der Waals surface area contributed by atoms with Crippen molar-refractivity contribution in [2.24, 2.45) is 0 Å². The van der Waals surface area contributed by atoms with Crippen molar-refractivity contribution in [1.29, 1.82) is 0 Å². The van der Waals surface area contributed by atoms with Gasteiger partial charge in [-0.05, 0) is 36.6 Å². The lowest BCUT2D eigenvalue weighted by Crippen LogP contribution is -2.25. The molecule has 0 bridgehead atoms. The van der Waals surface area contributed by atoms with Gasteiger partial charge in [0, 0.05) is 36.8 Å². The van der Waals surface area contributed by atoms with E-state index < -0.39 is 6.09 Å². The molecule has 0 unspecified atom stereocenters. The first-order valence-corrected chi connectivity index (χ1v) is 6.95. The summed E-state index contributed by atoms with van der Waals surface area (Å²) >= 11 is 0. The molecule has 1 amide bonds. The van der Waals surface area contributed by atoms with E-state index in [0.29, 0.717) is 6.54 Å². The van der Waals surface area contributed by atoms with Crippen LogP contribution in [0.2, 0.25) is 0 Å². The number of pyridine rings is 1. The molecule has 3 heterocycles. The van der Waals surface area contributed by atoms with E-state index >= 15 is 0 Å². The normalized spacial score (nSPS) is 14.0. The lowest BCUT2D eigenvalue weighted by atomic mass is 10.1. The summed E-state index contributed by atoms with van der Waals surface area (Å²) in [6.07, 6.45) is 9.35. The minimum Gasteiger partial charge on any atom is -0.465 e. The molecule has 1 aliphatic rings. The van der Waals surface area contributed by atoms with E-state index in [-0.39, 0.29) is 0 Å². The summed E-state index contributed by atoms with van der Waals surface area (Å²) in [5, 5.41) is 12.9. The second-order valence-corrected chi connectivity index (χ2v) is 4.95. The predicted molar refractivity (Wildman–Crippen MR) is 80.0 cm³/mol. The summed E-state index contributed by atoms with van der Waals surface area (Å²) in [7, 11) is 0. The van der Waals surface area contributed by atoms with Crippen LogP contribution in [0.1, 0.15) is 12.1 Å². The largest absolute Gasteiger partial charge is 0.465 e. The number of rotatable bonds is 4. The van der Waals surface area contributed by atoms with Crippen molar-refractivity contribution in [2.45, 2.75) is 12.8 Å². The van der Waals surface area contributed by atoms with Crippen molar-refractivity contribution >= 4 is 6.09 Å². The zero-order valence-electron chi connectivity index (χ0n) is 11.8.